The first-order valence-electron chi connectivity index (χ1n) is 7.64. The molecule has 1 aromatic heterocycles. The minimum atomic E-state index is -0.0662. The van der Waals surface area contributed by atoms with E-state index in [1.807, 2.05) is 61.5 Å². The molecule has 3 nitrogen and oxygen atoms in total. The average molecular weight is 306 g/mol. The topological polar surface area (TPSA) is 39.4 Å². The molecule has 23 heavy (non-hydrogen) atoms. The number of benzene rings is 2. The van der Waals surface area contributed by atoms with Gasteiger partial charge in [0, 0.05) is 29.9 Å². The molecule has 3 heteroatoms. The van der Waals surface area contributed by atoms with Gasteiger partial charge >= 0.3 is 0 Å². The Morgan fingerprint density at radius 2 is 1.48 bits per heavy atom. The third-order valence-corrected chi connectivity index (χ3v) is 3.54. The van der Waals surface area contributed by atoms with E-state index in [2.05, 4.69) is 0 Å². The molecule has 0 aliphatic heterocycles. The molecule has 3 rings (SSSR count). The highest BCUT2D eigenvalue weighted by atomic mass is 16.5. The molecular weight excluding hydrogens is 288 g/mol. The molecule has 0 spiro atoms. The lowest BCUT2D eigenvalue weighted by Gasteiger charge is -2.06. The Morgan fingerprint density at radius 1 is 0.870 bits per heavy atom. The first kappa shape index (κ1) is 15.3. The summed E-state index contributed by atoms with van der Waals surface area (Å²) in [7, 11) is 0. The quantitative estimate of drug-likeness (QED) is 0.696. The molecule has 0 aliphatic rings. The largest absolute Gasteiger partial charge is 0.456 e. The number of hydrogen-bond acceptors (Lipinski definition) is 3. The van der Waals surface area contributed by atoms with Crippen LogP contribution in [0.2, 0.25) is 0 Å². The van der Waals surface area contributed by atoms with E-state index in [-0.39, 0.29) is 5.43 Å². The summed E-state index contributed by atoms with van der Waals surface area (Å²) in [5, 5.41) is 0. The molecule has 0 unspecified atom stereocenters. The second-order valence-corrected chi connectivity index (χ2v) is 5.22. The highest BCUT2D eigenvalue weighted by Gasteiger charge is 2.07. The zero-order chi connectivity index (χ0) is 16.1. The fourth-order valence-electron chi connectivity index (χ4n) is 2.35. The second kappa shape index (κ2) is 7.07. The highest BCUT2D eigenvalue weighted by Crippen LogP contribution is 2.25. The van der Waals surface area contributed by atoms with Gasteiger partial charge in [-0.15, -0.1) is 0 Å². The van der Waals surface area contributed by atoms with E-state index in [4.69, 9.17) is 9.15 Å². The molecule has 0 amide bonds. The van der Waals surface area contributed by atoms with Gasteiger partial charge in [-0.1, -0.05) is 54.6 Å². The second-order valence-electron chi connectivity index (χ2n) is 5.22. The van der Waals surface area contributed by atoms with Gasteiger partial charge in [-0.05, 0) is 12.5 Å². The summed E-state index contributed by atoms with van der Waals surface area (Å²) in [5.74, 6) is 1.14. The third kappa shape index (κ3) is 3.76. The van der Waals surface area contributed by atoms with E-state index in [1.165, 1.54) is 12.1 Å². The predicted octanol–water partition coefficient (Wildman–Crippen LogP) is 4.51. The molecule has 1 heterocycles. The zero-order valence-electron chi connectivity index (χ0n) is 13.0. The van der Waals surface area contributed by atoms with Gasteiger partial charge in [-0.2, -0.15) is 0 Å². The summed E-state index contributed by atoms with van der Waals surface area (Å²) in [6, 6.07) is 20.5. The molecule has 116 valence electrons. The van der Waals surface area contributed by atoms with Crippen molar-refractivity contribution >= 4 is 0 Å². The van der Waals surface area contributed by atoms with Crippen molar-refractivity contribution in [1.29, 1.82) is 0 Å². The molecule has 3 aromatic rings. The molecule has 0 bridgehead atoms. The van der Waals surface area contributed by atoms with Crippen molar-refractivity contribution in [1.82, 2.24) is 0 Å². The van der Waals surface area contributed by atoms with Crippen LogP contribution in [-0.4, -0.2) is 6.61 Å². The Morgan fingerprint density at radius 3 is 2.09 bits per heavy atom. The highest BCUT2D eigenvalue weighted by molar-refractivity contribution is 5.62. The lowest BCUT2D eigenvalue weighted by atomic mass is 10.1. The summed E-state index contributed by atoms with van der Waals surface area (Å²) in [6.07, 6.45) is 0. The lowest BCUT2D eigenvalue weighted by Crippen LogP contribution is -1.98. The number of ether oxygens (including phenoxy) is 1. The van der Waals surface area contributed by atoms with Crippen molar-refractivity contribution in [2.75, 3.05) is 6.61 Å². The van der Waals surface area contributed by atoms with Gasteiger partial charge in [-0.3, -0.25) is 4.79 Å². The van der Waals surface area contributed by atoms with Crippen LogP contribution in [0.25, 0.3) is 22.6 Å². The molecule has 0 fully saturated rings. The van der Waals surface area contributed by atoms with Crippen molar-refractivity contribution in [3.63, 3.8) is 0 Å². The van der Waals surface area contributed by atoms with Crippen LogP contribution in [0.1, 0.15) is 12.5 Å². The van der Waals surface area contributed by atoms with Crippen LogP contribution in [0.5, 0.6) is 0 Å². The van der Waals surface area contributed by atoms with Crippen LogP contribution < -0.4 is 5.43 Å². The molecule has 0 atom stereocenters. The monoisotopic (exact) mass is 306 g/mol. The third-order valence-electron chi connectivity index (χ3n) is 3.54. The minimum absolute atomic E-state index is 0.0662. The van der Waals surface area contributed by atoms with Gasteiger partial charge in [-0.25, -0.2) is 0 Å². The molecule has 0 aliphatic carbocycles. The number of rotatable bonds is 5. The lowest BCUT2D eigenvalue weighted by molar-refractivity contribution is 0.134. The predicted molar refractivity (Wildman–Crippen MR) is 91.2 cm³/mol. The van der Waals surface area contributed by atoms with Crippen LogP contribution in [0, 0.1) is 0 Å². The van der Waals surface area contributed by atoms with Gasteiger partial charge in [0.2, 0.25) is 0 Å². The first-order valence-corrected chi connectivity index (χ1v) is 7.64. The van der Waals surface area contributed by atoms with Crippen molar-refractivity contribution < 1.29 is 9.15 Å². The van der Waals surface area contributed by atoms with Crippen LogP contribution in [0.3, 0.4) is 0 Å². The summed E-state index contributed by atoms with van der Waals surface area (Å²) in [4.78, 5) is 12.0. The standard InChI is InChI=1S/C20H18O3/c1-2-22-14-15-8-10-17(11-9-15)20-13-18(21)12-19(23-20)16-6-4-3-5-7-16/h3-13H,2,14H2,1H3. The Labute approximate surface area is 135 Å². The Balaban J connectivity index is 1.94. The molecule has 0 saturated heterocycles. The van der Waals surface area contributed by atoms with Gasteiger partial charge in [0.1, 0.15) is 11.5 Å². The van der Waals surface area contributed by atoms with Gasteiger partial charge in [0.05, 0.1) is 6.61 Å². The average Bonchev–Trinajstić information content (AvgIpc) is 2.60. The van der Waals surface area contributed by atoms with E-state index in [9.17, 15) is 4.79 Å². The summed E-state index contributed by atoms with van der Waals surface area (Å²) in [6.45, 7) is 3.25. The Bertz CT molecular complexity index is 818. The molecule has 0 radical (unpaired) electrons. The fourth-order valence-corrected chi connectivity index (χ4v) is 2.35. The van der Waals surface area contributed by atoms with Crippen molar-refractivity contribution in [2.24, 2.45) is 0 Å². The van der Waals surface area contributed by atoms with Crippen LogP contribution in [-0.2, 0) is 11.3 Å². The molecular formula is C20H18O3. The van der Waals surface area contributed by atoms with Gasteiger partial charge < -0.3 is 9.15 Å². The maximum Gasteiger partial charge on any atom is 0.186 e. The summed E-state index contributed by atoms with van der Waals surface area (Å²) < 4.78 is 11.3. The van der Waals surface area contributed by atoms with Crippen molar-refractivity contribution in [3.05, 3.63) is 82.5 Å². The van der Waals surface area contributed by atoms with E-state index in [1.54, 1.807) is 0 Å². The van der Waals surface area contributed by atoms with E-state index in [0.29, 0.717) is 24.7 Å². The van der Waals surface area contributed by atoms with E-state index < -0.39 is 0 Å². The maximum absolute atomic E-state index is 12.0. The van der Waals surface area contributed by atoms with Gasteiger partial charge in [0.25, 0.3) is 0 Å². The fraction of sp³-hybridized carbons (Fsp3) is 0.150. The van der Waals surface area contributed by atoms with Gasteiger partial charge in [0.15, 0.2) is 5.43 Å². The molecule has 2 aromatic carbocycles. The zero-order valence-corrected chi connectivity index (χ0v) is 13.0. The Kier molecular flexibility index (Phi) is 4.69. The normalized spacial score (nSPS) is 10.7. The molecule has 0 saturated carbocycles. The first-order chi connectivity index (χ1) is 11.3. The smallest absolute Gasteiger partial charge is 0.186 e. The van der Waals surface area contributed by atoms with Crippen LogP contribution in [0.4, 0.5) is 0 Å². The van der Waals surface area contributed by atoms with E-state index in [0.717, 1.165) is 16.7 Å². The van der Waals surface area contributed by atoms with Crippen molar-refractivity contribution in [3.8, 4) is 22.6 Å². The summed E-state index contributed by atoms with van der Waals surface area (Å²) >= 11 is 0. The van der Waals surface area contributed by atoms with Crippen LogP contribution >= 0.6 is 0 Å². The molecule has 0 N–H and O–H groups in total. The minimum Gasteiger partial charge on any atom is -0.456 e. The summed E-state index contributed by atoms with van der Waals surface area (Å²) in [5.41, 5.74) is 2.79. The van der Waals surface area contributed by atoms with Crippen LogP contribution in [0.15, 0.2) is 75.9 Å². The van der Waals surface area contributed by atoms with Crippen molar-refractivity contribution in [2.45, 2.75) is 13.5 Å². The van der Waals surface area contributed by atoms with E-state index >= 15 is 0 Å². The maximum atomic E-state index is 12.0. The number of hydrogen-bond donors (Lipinski definition) is 0. The SMILES string of the molecule is CCOCc1ccc(-c2cc(=O)cc(-c3ccccc3)o2)cc1. The Hall–Kier alpha value is -2.65.